The van der Waals surface area contributed by atoms with Gasteiger partial charge in [-0.3, -0.25) is 0 Å². The zero-order chi connectivity index (χ0) is 11.4. The lowest BCUT2D eigenvalue weighted by atomic mass is 10.2. The third-order valence-corrected chi connectivity index (χ3v) is 3.92. The van der Waals surface area contributed by atoms with Crippen LogP contribution in [-0.4, -0.2) is 0 Å². The Morgan fingerprint density at radius 1 is 1.25 bits per heavy atom. The summed E-state index contributed by atoms with van der Waals surface area (Å²) in [5, 5.41) is 6.17. The summed E-state index contributed by atoms with van der Waals surface area (Å²) in [5.74, 6) is 0. The number of hydrogen-bond donors (Lipinski definition) is 1. The molecule has 0 fully saturated rings. The van der Waals surface area contributed by atoms with E-state index in [0.29, 0.717) is 0 Å². The van der Waals surface area contributed by atoms with Gasteiger partial charge in [0, 0.05) is 27.8 Å². The van der Waals surface area contributed by atoms with Gasteiger partial charge in [-0.05, 0) is 23.8 Å². The molecule has 0 bridgehead atoms. The van der Waals surface area contributed by atoms with Crippen LogP contribution in [0.5, 0.6) is 0 Å². The molecule has 0 spiro atoms. The highest BCUT2D eigenvalue weighted by atomic mass is 79.9. The molecular weight excluding hydrogens is 306 g/mol. The zero-order valence-electron chi connectivity index (χ0n) is 8.54. The largest absolute Gasteiger partial charge is 0.308 e. The molecule has 4 heteroatoms. The number of benzene rings is 1. The van der Waals surface area contributed by atoms with Crippen molar-refractivity contribution in [3.63, 3.8) is 0 Å². The van der Waals surface area contributed by atoms with E-state index in [9.17, 15) is 0 Å². The fraction of sp³-hybridized carbons (Fsp3) is 0.167. The van der Waals surface area contributed by atoms with Gasteiger partial charge in [-0.2, -0.15) is 0 Å². The summed E-state index contributed by atoms with van der Waals surface area (Å²) in [6.45, 7) is 1.73. The van der Waals surface area contributed by atoms with E-state index in [1.807, 2.05) is 23.6 Å². The van der Waals surface area contributed by atoms with Crippen LogP contribution >= 0.6 is 38.9 Å². The standard InChI is InChI=1S/C12H11BrClNS/c13-10-3-1-2-9(4-10)6-15-7-12-5-11(14)8-16-12/h1-5,8,15H,6-7H2. The number of nitrogens with one attached hydrogen (secondary N) is 1. The average Bonchev–Trinajstić information content (AvgIpc) is 2.64. The van der Waals surface area contributed by atoms with Crippen molar-refractivity contribution in [2.24, 2.45) is 0 Å². The molecular formula is C12H11BrClNS. The molecule has 1 heterocycles. The second-order valence-corrected chi connectivity index (χ2v) is 5.81. The highest BCUT2D eigenvalue weighted by molar-refractivity contribution is 9.10. The Labute approximate surface area is 113 Å². The number of thiophene rings is 1. The minimum absolute atomic E-state index is 0.823. The van der Waals surface area contributed by atoms with Gasteiger partial charge in [-0.1, -0.05) is 39.7 Å². The van der Waals surface area contributed by atoms with E-state index in [1.54, 1.807) is 11.3 Å². The van der Waals surface area contributed by atoms with E-state index < -0.39 is 0 Å². The van der Waals surface area contributed by atoms with Gasteiger partial charge in [-0.15, -0.1) is 11.3 Å². The second kappa shape index (κ2) is 5.82. The highest BCUT2D eigenvalue weighted by Gasteiger charge is 1.98. The molecule has 0 amide bonds. The van der Waals surface area contributed by atoms with Gasteiger partial charge in [0.2, 0.25) is 0 Å². The molecule has 0 radical (unpaired) electrons. The van der Waals surface area contributed by atoms with Crippen molar-refractivity contribution in [3.05, 3.63) is 55.6 Å². The van der Waals surface area contributed by atoms with Gasteiger partial charge in [0.05, 0.1) is 5.02 Å². The Morgan fingerprint density at radius 2 is 2.12 bits per heavy atom. The van der Waals surface area contributed by atoms with Gasteiger partial charge >= 0.3 is 0 Å². The van der Waals surface area contributed by atoms with Crippen molar-refractivity contribution in [1.29, 1.82) is 0 Å². The Hall–Kier alpha value is -0.350. The summed E-state index contributed by atoms with van der Waals surface area (Å²) in [6, 6.07) is 10.3. The molecule has 0 aliphatic rings. The third-order valence-electron chi connectivity index (χ3n) is 2.14. The van der Waals surface area contributed by atoms with E-state index >= 15 is 0 Å². The van der Waals surface area contributed by atoms with Crippen LogP contribution in [0, 0.1) is 0 Å². The Morgan fingerprint density at radius 3 is 2.81 bits per heavy atom. The lowest BCUT2D eigenvalue weighted by Gasteiger charge is -2.03. The van der Waals surface area contributed by atoms with Crippen LogP contribution in [0.2, 0.25) is 5.02 Å². The van der Waals surface area contributed by atoms with Crippen molar-refractivity contribution in [1.82, 2.24) is 5.32 Å². The third kappa shape index (κ3) is 3.59. The molecule has 0 aliphatic carbocycles. The number of halogens is 2. The molecule has 16 heavy (non-hydrogen) atoms. The van der Waals surface area contributed by atoms with E-state index in [-0.39, 0.29) is 0 Å². The molecule has 0 atom stereocenters. The van der Waals surface area contributed by atoms with E-state index in [4.69, 9.17) is 11.6 Å². The van der Waals surface area contributed by atoms with Gasteiger partial charge in [0.1, 0.15) is 0 Å². The first-order valence-electron chi connectivity index (χ1n) is 4.92. The first kappa shape index (κ1) is 12.1. The smallest absolute Gasteiger partial charge is 0.0516 e. The zero-order valence-corrected chi connectivity index (χ0v) is 11.7. The molecule has 2 rings (SSSR count). The lowest BCUT2D eigenvalue weighted by Crippen LogP contribution is -2.11. The van der Waals surface area contributed by atoms with Gasteiger partial charge < -0.3 is 5.32 Å². The van der Waals surface area contributed by atoms with Crippen LogP contribution in [0.1, 0.15) is 10.4 Å². The molecule has 0 saturated carbocycles. The topological polar surface area (TPSA) is 12.0 Å². The first-order valence-corrected chi connectivity index (χ1v) is 6.97. The Bertz CT molecular complexity index is 470. The molecule has 0 unspecified atom stereocenters. The quantitative estimate of drug-likeness (QED) is 0.878. The van der Waals surface area contributed by atoms with Crippen molar-refractivity contribution < 1.29 is 0 Å². The van der Waals surface area contributed by atoms with Crippen LogP contribution in [0.25, 0.3) is 0 Å². The molecule has 1 nitrogen and oxygen atoms in total. The molecule has 2 aromatic rings. The molecule has 1 aromatic carbocycles. The van der Waals surface area contributed by atoms with E-state index in [0.717, 1.165) is 22.6 Å². The number of hydrogen-bond acceptors (Lipinski definition) is 2. The average molecular weight is 317 g/mol. The van der Waals surface area contributed by atoms with Crippen LogP contribution in [0.3, 0.4) is 0 Å². The molecule has 84 valence electrons. The van der Waals surface area contributed by atoms with Crippen LogP contribution in [-0.2, 0) is 13.1 Å². The first-order chi connectivity index (χ1) is 7.74. The SMILES string of the molecule is Clc1csc(CNCc2cccc(Br)c2)c1. The lowest BCUT2D eigenvalue weighted by molar-refractivity contribution is 0.701. The number of rotatable bonds is 4. The fourth-order valence-electron chi connectivity index (χ4n) is 1.42. The van der Waals surface area contributed by atoms with Crippen LogP contribution < -0.4 is 5.32 Å². The molecule has 0 saturated heterocycles. The van der Waals surface area contributed by atoms with E-state index in [1.165, 1.54) is 10.4 Å². The minimum atomic E-state index is 0.823. The summed E-state index contributed by atoms with van der Waals surface area (Å²) in [7, 11) is 0. The van der Waals surface area contributed by atoms with Crippen molar-refractivity contribution in [2.75, 3.05) is 0 Å². The van der Waals surface area contributed by atoms with Crippen molar-refractivity contribution in [3.8, 4) is 0 Å². The van der Waals surface area contributed by atoms with E-state index in [2.05, 4.69) is 33.4 Å². The second-order valence-electron chi connectivity index (χ2n) is 3.46. The molecule has 0 aliphatic heterocycles. The van der Waals surface area contributed by atoms with Crippen LogP contribution in [0.4, 0.5) is 0 Å². The van der Waals surface area contributed by atoms with Crippen molar-refractivity contribution in [2.45, 2.75) is 13.1 Å². The summed E-state index contributed by atoms with van der Waals surface area (Å²) in [4.78, 5) is 1.26. The summed E-state index contributed by atoms with van der Waals surface area (Å²) in [6.07, 6.45) is 0. The molecule has 1 aromatic heterocycles. The predicted molar refractivity (Wildman–Crippen MR) is 74.0 cm³/mol. The maximum Gasteiger partial charge on any atom is 0.0516 e. The van der Waals surface area contributed by atoms with Gasteiger partial charge in [-0.25, -0.2) is 0 Å². The summed E-state index contributed by atoms with van der Waals surface area (Å²) >= 11 is 11.0. The Kier molecular flexibility index (Phi) is 4.41. The summed E-state index contributed by atoms with van der Waals surface area (Å²) in [5.41, 5.74) is 1.28. The van der Waals surface area contributed by atoms with Gasteiger partial charge in [0.15, 0.2) is 0 Å². The molecule has 1 N–H and O–H groups in total. The highest BCUT2D eigenvalue weighted by Crippen LogP contribution is 2.19. The van der Waals surface area contributed by atoms with Crippen LogP contribution in [0.15, 0.2) is 40.2 Å². The summed E-state index contributed by atoms with van der Waals surface area (Å²) < 4.78 is 1.12. The minimum Gasteiger partial charge on any atom is -0.308 e. The predicted octanol–water partition coefficient (Wildman–Crippen LogP) is 4.45. The monoisotopic (exact) mass is 315 g/mol. The fourth-order valence-corrected chi connectivity index (χ4v) is 2.91. The van der Waals surface area contributed by atoms with Crippen molar-refractivity contribution >= 4 is 38.9 Å². The normalized spacial score (nSPS) is 10.6. The Balaban J connectivity index is 1.84. The maximum absolute atomic E-state index is 5.85. The maximum atomic E-state index is 5.85. The van der Waals surface area contributed by atoms with Gasteiger partial charge in [0.25, 0.3) is 0 Å².